The summed E-state index contributed by atoms with van der Waals surface area (Å²) < 4.78 is 37.7. The first kappa shape index (κ1) is 13.0. The smallest absolute Gasteiger partial charge is 0.306 e. The van der Waals surface area contributed by atoms with Gasteiger partial charge < -0.3 is 5.32 Å². The first-order valence-corrected chi connectivity index (χ1v) is 5.15. The third-order valence-corrected chi connectivity index (χ3v) is 2.23. The molecule has 0 aliphatic rings. The van der Waals surface area contributed by atoms with E-state index in [4.69, 9.17) is 0 Å². The van der Waals surface area contributed by atoms with Gasteiger partial charge in [-0.1, -0.05) is 13.0 Å². The number of aromatic nitrogens is 1. The van der Waals surface area contributed by atoms with Crippen LogP contribution in [0.15, 0.2) is 18.3 Å². The second-order valence-electron chi connectivity index (χ2n) is 3.68. The quantitative estimate of drug-likeness (QED) is 0.862. The van der Waals surface area contributed by atoms with Crippen LogP contribution in [-0.2, 0) is 6.42 Å². The fraction of sp³-hybridized carbons (Fsp3) is 0.545. The van der Waals surface area contributed by atoms with Crippen LogP contribution in [0.2, 0.25) is 0 Å². The average Bonchev–Trinajstić information content (AvgIpc) is 2.19. The van der Waals surface area contributed by atoms with E-state index in [1.807, 2.05) is 6.92 Å². The van der Waals surface area contributed by atoms with Gasteiger partial charge in [-0.25, -0.2) is 0 Å². The van der Waals surface area contributed by atoms with Crippen LogP contribution in [0.1, 0.15) is 18.2 Å². The molecule has 0 saturated heterocycles. The molecular formula is C11H15F3N2. The summed E-state index contributed by atoms with van der Waals surface area (Å²) in [5.74, 6) is 0. The summed E-state index contributed by atoms with van der Waals surface area (Å²) in [5, 5.41) is 2.42. The number of likely N-dealkylation sites (N-methyl/N-ethyl adjacent to an activating group) is 1. The maximum absolute atomic E-state index is 12.6. The standard InChI is InChI=1S/C11H15F3N2/c1-3-15-10(11(12,13)14)6-9-5-4-8(2)7-16-9/h4-5,7,10,15H,3,6H2,1-2H3. The van der Waals surface area contributed by atoms with E-state index in [1.165, 1.54) is 0 Å². The van der Waals surface area contributed by atoms with Crippen LogP contribution in [0.3, 0.4) is 0 Å². The summed E-state index contributed by atoms with van der Waals surface area (Å²) >= 11 is 0. The first-order chi connectivity index (χ1) is 7.43. The Morgan fingerprint density at radius 1 is 1.38 bits per heavy atom. The molecule has 16 heavy (non-hydrogen) atoms. The number of hydrogen-bond donors (Lipinski definition) is 1. The van der Waals surface area contributed by atoms with Crippen molar-refractivity contribution in [2.45, 2.75) is 32.5 Å². The molecule has 1 rings (SSSR count). The molecule has 1 atom stereocenters. The van der Waals surface area contributed by atoms with Gasteiger partial charge in [0, 0.05) is 18.3 Å². The summed E-state index contributed by atoms with van der Waals surface area (Å²) in [6, 6.07) is 1.88. The number of hydrogen-bond acceptors (Lipinski definition) is 2. The number of rotatable bonds is 4. The maximum Gasteiger partial charge on any atom is 0.404 e. The fourth-order valence-electron chi connectivity index (χ4n) is 1.38. The molecule has 0 bridgehead atoms. The van der Waals surface area contributed by atoms with E-state index >= 15 is 0 Å². The van der Waals surface area contributed by atoms with Gasteiger partial charge in [-0.05, 0) is 25.1 Å². The van der Waals surface area contributed by atoms with E-state index in [1.54, 1.807) is 25.3 Å². The highest BCUT2D eigenvalue weighted by atomic mass is 19.4. The van der Waals surface area contributed by atoms with Crippen molar-refractivity contribution in [3.63, 3.8) is 0 Å². The van der Waals surface area contributed by atoms with E-state index < -0.39 is 12.2 Å². The number of halogens is 3. The van der Waals surface area contributed by atoms with Crippen LogP contribution in [0.4, 0.5) is 13.2 Å². The normalized spacial score (nSPS) is 13.8. The Kier molecular flexibility index (Phi) is 4.29. The van der Waals surface area contributed by atoms with Gasteiger partial charge >= 0.3 is 6.18 Å². The van der Waals surface area contributed by atoms with E-state index in [-0.39, 0.29) is 13.0 Å². The summed E-state index contributed by atoms with van der Waals surface area (Å²) in [6.07, 6.45) is -2.78. The number of nitrogens with one attached hydrogen (secondary N) is 1. The molecule has 0 fully saturated rings. The first-order valence-electron chi connectivity index (χ1n) is 5.15. The van der Waals surface area contributed by atoms with Crippen molar-refractivity contribution in [3.05, 3.63) is 29.6 Å². The van der Waals surface area contributed by atoms with E-state index in [0.29, 0.717) is 5.69 Å². The van der Waals surface area contributed by atoms with Crippen molar-refractivity contribution in [2.24, 2.45) is 0 Å². The lowest BCUT2D eigenvalue weighted by molar-refractivity contribution is -0.155. The predicted octanol–water partition coefficient (Wildman–Crippen LogP) is 2.47. The molecule has 0 aromatic carbocycles. The summed E-state index contributed by atoms with van der Waals surface area (Å²) in [4.78, 5) is 3.97. The molecular weight excluding hydrogens is 217 g/mol. The van der Waals surface area contributed by atoms with Crippen LogP contribution >= 0.6 is 0 Å². The molecule has 0 spiro atoms. The summed E-state index contributed by atoms with van der Waals surface area (Å²) in [5.41, 5.74) is 1.39. The van der Waals surface area contributed by atoms with Gasteiger partial charge in [0.05, 0.1) is 0 Å². The molecule has 0 radical (unpaired) electrons. The van der Waals surface area contributed by atoms with Crippen molar-refractivity contribution >= 4 is 0 Å². The highest BCUT2D eigenvalue weighted by Gasteiger charge is 2.39. The fourth-order valence-corrected chi connectivity index (χ4v) is 1.38. The maximum atomic E-state index is 12.6. The van der Waals surface area contributed by atoms with Crippen LogP contribution in [0.25, 0.3) is 0 Å². The molecule has 1 heterocycles. The number of pyridine rings is 1. The van der Waals surface area contributed by atoms with Crippen molar-refractivity contribution in [1.29, 1.82) is 0 Å². The number of alkyl halides is 3. The van der Waals surface area contributed by atoms with Gasteiger partial charge in [0.15, 0.2) is 0 Å². The van der Waals surface area contributed by atoms with Gasteiger partial charge in [0.2, 0.25) is 0 Å². The number of aryl methyl sites for hydroxylation is 1. The van der Waals surface area contributed by atoms with E-state index in [9.17, 15) is 13.2 Å². The third-order valence-electron chi connectivity index (χ3n) is 2.23. The molecule has 1 unspecified atom stereocenters. The van der Waals surface area contributed by atoms with Crippen molar-refractivity contribution < 1.29 is 13.2 Å². The Hall–Kier alpha value is -1.10. The molecule has 0 aliphatic carbocycles. The Labute approximate surface area is 92.9 Å². The van der Waals surface area contributed by atoms with Crippen LogP contribution in [0, 0.1) is 6.92 Å². The zero-order valence-corrected chi connectivity index (χ0v) is 9.30. The summed E-state index contributed by atoms with van der Waals surface area (Å²) in [7, 11) is 0. The van der Waals surface area contributed by atoms with Gasteiger partial charge in [0.25, 0.3) is 0 Å². The van der Waals surface area contributed by atoms with Crippen molar-refractivity contribution in [1.82, 2.24) is 10.3 Å². The lowest BCUT2D eigenvalue weighted by Crippen LogP contribution is -2.43. The largest absolute Gasteiger partial charge is 0.404 e. The number of nitrogens with zero attached hydrogens (tertiary/aromatic N) is 1. The van der Waals surface area contributed by atoms with E-state index in [0.717, 1.165) is 5.56 Å². The molecule has 0 saturated carbocycles. The minimum atomic E-state index is -4.23. The highest BCUT2D eigenvalue weighted by molar-refractivity contribution is 5.13. The highest BCUT2D eigenvalue weighted by Crippen LogP contribution is 2.22. The van der Waals surface area contributed by atoms with Gasteiger partial charge in [0.1, 0.15) is 6.04 Å². The van der Waals surface area contributed by atoms with Gasteiger partial charge in [-0.3, -0.25) is 4.98 Å². The molecule has 1 aromatic rings. The van der Waals surface area contributed by atoms with Crippen LogP contribution in [-0.4, -0.2) is 23.7 Å². The molecule has 5 heteroatoms. The molecule has 90 valence electrons. The van der Waals surface area contributed by atoms with Crippen molar-refractivity contribution in [3.8, 4) is 0 Å². The molecule has 0 aliphatic heterocycles. The Balaban J connectivity index is 2.72. The SMILES string of the molecule is CCNC(Cc1ccc(C)cn1)C(F)(F)F. The average molecular weight is 232 g/mol. The zero-order chi connectivity index (χ0) is 12.2. The van der Waals surface area contributed by atoms with E-state index in [2.05, 4.69) is 10.3 Å². The minimum Gasteiger partial charge on any atom is -0.306 e. The van der Waals surface area contributed by atoms with Gasteiger partial charge in [-0.2, -0.15) is 13.2 Å². The monoisotopic (exact) mass is 232 g/mol. The zero-order valence-electron chi connectivity index (χ0n) is 9.30. The second-order valence-corrected chi connectivity index (χ2v) is 3.68. The Morgan fingerprint density at radius 2 is 2.06 bits per heavy atom. The topological polar surface area (TPSA) is 24.9 Å². The second kappa shape index (κ2) is 5.30. The Bertz CT molecular complexity index is 319. The lowest BCUT2D eigenvalue weighted by atomic mass is 10.1. The lowest BCUT2D eigenvalue weighted by Gasteiger charge is -2.20. The molecule has 1 aromatic heterocycles. The predicted molar refractivity (Wildman–Crippen MR) is 56.2 cm³/mol. The molecule has 2 nitrogen and oxygen atoms in total. The van der Waals surface area contributed by atoms with Gasteiger partial charge in [-0.15, -0.1) is 0 Å². The van der Waals surface area contributed by atoms with Crippen LogP contribution < -0.4 is 5.32 Å². The third kappa shape index (κ3) is 3.81. The van der Waals surface area contributed by atoms with Crippen molar-refractivity contribution in [2.75, 3.05) is 6.54 Å². The Morgan fingerprint density at radius 3 is 2.50 bits per heavy atom. The van der Waals surface area contributed by atoms with Crippen LogP contribution in [0.5, 0.6) is 0 Å². The minimum absolute atomic E-state index is 0.127. The summed E-state index contributed by atoms with van der Waals surface area (Å²) in [6.45, 7) is 3.79. The molecule has 1 N–H and O–H groups in total. The molecule has 0 amide bonds.